The molecule has 0 fully saturated rings. The number of carboxylic acids is 1. The Morgan fingerprint density at radius 2 is 1.60 bits per heavy atom. The van der Waals surface area contributed by atoms with Crippen molar-refractivity contribution in [2.75, 3.05) is 6.61 Å². The van der Waals surface area contributed by atoms with Crippen molar-refractivity contribution in [1.82, 2.24) is 0 Å². The molecule has 102 valence electrons. The van der Waals surface area contributed by atoms with Gasteiger partial charge in [0.25, 0.3) is 0 Å². The Bertz CT molecular complexity index is 588. The van der Waals surface area contributed by atoms with Crippen LogP contribution in [0.2, 0.25) is 0 Å². The third kappa shape index (κ3) is 3.95. The fourth-order valence-corrected chi connectivity index (χ4v) is 1.73. The zero-order chi connectivity index (χ0) is 14.4. The van der Waals surface area contributed by atoms with Gasteiger partial charge in [-0.2, -0.15) is 0 Å². The number of rotatable bonds is 6. The molecule has 0 aliphatic carbocycles. The zero-order valence-electron chi connectivity index (χ0n) is 10.8. The average molecular weight is 270 g/mol. The minimum atomic E-state index is -0.877. The first-order chi connectivity index (χ1) is 9.65. The molecule has 0 radical (unpaired) electrons. The quantitative estimate of drug-likeness (QED) is 0.819. The molecule has 0 atom stereocenters. The molecule has 0 heterocycles. The summed E-state index contributed by atoms with van der Waals surface area (Å²) in [6.45, 7) is -0.0394. The first-order valence-electron chi connectivity index (χ1n) is 6.17. The van der Waals surface area contributed by atoms with Gasteiger partial charge in [-0.3, -0.25) is 9.59 Å². The van der Waals surface area contributed by atoms with E-state index < -0.39 is 5.97 Å². The molecule has 0 saturated heterocycles. The van der Waals surface area contributed by atoms with Crippen LogP contribution in [0.1, 0.15) is 15.9 Å². The molecule has 0 saturated carbocycles. The Kier molecular flexibility index (Phi) is 4.50. The van der Waals surface area contributed by atoms with E-state index in [1.54, 1.807) is 48.5 Å². The maximum absolute atomic E-state index is 11.8. The van der Waals surface area contributed by atoms with Gasteiger partial charge in [-0.1, -0.05) is 42.5 Å². The van der Waals surface area contributed by atoms with Gasteiger partial charge < -0.3 is 9.84 Å². The van der Waals surface area contributed by atoms with E-state index in [4.69, 9.17) is 9.84 Å². The minimum Gasteiger partial charge on any atom is -0.485 e. The largest absolute Gasteiger partial charge is 0.485 e. The first-order valence-corrected chi connectivity index (χ1v) is 6.17. The van der Waals surface area contributed by atoms with Crippen molar-refractivity contribution in [3.8, 4) is 5.75 Å². The molecule has 2 aromatic carbocycles. The van der Waals surface area contributed by atoms with Crippen LogP contribution in [0.15, 0.2) is 54.6 Å². The normalized spacial score (nSPS) is 10.0. The highest BCUT2D eigenvalue weighted by Crippen LogP contribution is 2.13. The van der Waals surface area contributed by atoms with Crippen LogP contribution >= 0.6 is 0 Å². The number of Topliss-reactive ketones (excluding diaryl/α,β-unsaturated/α-hetero) is 1. The molecule has 0 aromatic heterocycles. The number of ketones is 1. The zero-order valence-corrected chi connectivity index (χ0v) is 10.8. The van der Waals surface area contributed by atoms with Gasteiger partial charge in [0.05, 0.1) is 6.42 Å². The Morgan fingerprint density at radius 1 is 0.950 bits per heavy atom. The van der Waals surface area contributed by atoms with E-state index in [-0.39, 0.29) is 18.8 Å². The van der Waals surface area contributed by atoms with Crippen molar-refractivity contribution in [1.29, 1.82) is 0 Å². The van der Waals surface area contributed by atoms with Gasteiger partial charge in [-0.15, -0.1) is 0 Å². The lowest BCUT2D eigenvalue weighted by molar-refractivity contribution is -0.136. The first kappa shape index (κ1) is 13.8. The number of carbonyl (C=O) groups excluding carboxylic acids is 1. The van der Waals surface area contributed by atoms with Crippen LogP contribution in [-0.2, 0) is 11.2 Å². The Morgan fingerprint density at radius 3 is 2.20 bits per heavy atom. The molecular formula is C16H14O4. The van der Waals surface area contributed by atoms with Crippen LogP contribution in [0.5, 0.6) is 5.75 Å². The highest BCUT2D eigenvalue weighted by atomic mass is 16.5. The van der Waals surface area contributed by atoms with Crippen molar-refractivity contribution >= 4 is 11.8 Å². The number of ether oxygens (including phenoxy) is 1. The summed E-state index contributed by atoms with van der Waals surface area (Å²) in [5.74, 6) is -0.429. The van der Waals surface area contributed by atoms with Crippen molar-refractivity contribution in [3.63, 3.8) is 0 Å². The van der Waals surface area contributed by atoms with E-state index in [0.717, 1.165) is 0 Å². The summed E-state index contributed by atoms with van der Waals surface area (Å²) in [7, 11) is 0. The molecule has 0 spiro atoms. The number of carbonyl (C=O) groups is 2. The second kappa shape index (κ2) is 6.52. The van der Waals surface area contributed by atoms with Crippen LogP contribution in [-0.4, -0.2) is 23.5 Å². The minimum absolute atomic E-state index is 0.0246. The molecule has 0 unspecified atom stereocenters. The predicted molar refractivity (Wildman–Crippen MR) is 74.0 cm³/mol. The molecule has 0 aliphatic heterocycles. The number of hydrogen-bond donors (Lipinski definition) is 1. The third-order valence-corrected chi connectivity index (χ3v) is 2.74. The van der Waals surface area contributed by atoms with E-state index in [0.29, 0.717) is 16.9 Å². The van der Waals surface area contributed by atoms with Gasteiger partial charge in [0.15, 0.2) is 12.4 Å². The molecule has 2 aromatic rings. The SMILES string of the molecule is O=C(O)Cc1ccc(OCC(=O)c2ccccc2)cc1. The molecule has 2 rings (SSSR count). The topological polar surface area (TPSA) is 63.6 Å². The fraction of sp³-hybridized carbons (Fsp3) is 0.125. The van der Waals surface area contributed by atoms with Crippen molar-refractivity contribution in [3.05, 3.63) is 65.7 Å². The average Bonchev–Trinajstić information content (AvgIpc) is 2.46. The van der Waals surface area contributed by atoms with Crippen LogP contribution in [0.25, 0.3) is 0 Å². The maximum Gasteiger partial charge on any atom is 0.307 e. The monoisotopic (exact) mass is 270 g/mol. The van der Waals surface area contributed by atoms with E-state index in [9.17, 15) is 9.59 Å². The molecule has 0 bridgehead atoms. The van der Waals surface area contributed by atoms with Gasteiger partial charge in [0.1, 0.15) is 5.75 Å². The lowest BCUT2D eigenvalue weighted by Gasteiger charge is -2.06. The Hall–Kier alpha value is -2.62. The summed E-state index contributed by atoms with van der Waals surface area (Å²) in [4.78, 5) is 22.4. The summed E-state index contributed by atoms with van der Waals surface area (Å²) < 4.78 is 5.39. The second-order valence-corrected chi connectivity index (χ2v) is 4.29. The molecule has 4 heteroatoms. The van der Waals surface area contributed by atoms with Gasteiger partial charge in [-0.05, 0) is 17.7 Å². The molecule has 0 amide bonds. The Labute approximate surface area is 116 Å². The standard InChI is InChI=1S/C16H14O4/c17-15(13-4-2-1-3-5-13)11-20-14-8-6-12(7-9-14)10-16(18)19/h1-9H,10-11H2,(H,18,19). The summed E-state index contributed by atoms with van der Waals surface area (Å²) in [6.07, 6.45) is -0.0246. The number of carboxylic acid groups (broad SMARTS) is 1. The highest BCUT2D eigenvalue weighted by molar-refractivity contribution is 5.97. The molecule has 4 nitrogen and oxygen atoms in total. The third-order valence-electron chi connectivity index (χ3n) is 2.74. The van der Waals surface area contributed by atoms with Gasteiger partial charge >= 0.3 is 5.97 Å². The highest BCUT2D eigenvalue weighted by Gasteiger charge is 2.06. The predicted octanol–water partition coefficient (Wildman–Crippen LogP) is 2.58. The number of aliphatic carboxylic acids is 1. The van der Waals surface area contributed by atoms with Crippen LogP contribution in [0.4, 0.5) is 0 Å². The summed E-state index contributed by atoms with van der Waals surface area (Å²) in [6, 6.07) is 15.6. The second-order valence-electron chi connectivity index (χ2n) is 4.29. The number of benzene rings is 2. The fourth-order valence-electron chi connectivity index (χ4n) is 1.73. The summed E-state index contributed by atoms with van der Waals surface area (Å²) >= 11 is 0. The molecule has 0 aliphatic rings. The lowest BCUT2D eigenvalue weighted by atomic mass is 10.1. The smallest absolute Gasteiger partial charge is 0.307 e. The van der Waals surface area contributed by atoms with E-state index in [1.807, 2.05) is 6.07 Å². The van der Waals surface area contributed by atoms with E-state index in [2.05, 4.69) is 0 Å². The summed E-state index contributed by atoms with van der Waals surface area (Å²) in [5, 5.41) is 8.66. The van der Waals surface area contributed by atoms with Gasteiger partial charge in [0.2, 0.25) is 0 Å². The van der Waals surface area contributed by atoms with Crippen LogP contribution < -0.4 is 4.74 Å². The summed E-state index contributed by atoms with van der Waals surface area (Å²) in [5.41, 5.74) is 1.30. The van der Waals surface area contributed by atoms with Gasteiger partial charge in [0, 0.05) is 5.56 Å². The van der Waals surface area contributed by atoms with Crippen molar-refractivity contribution in [2.45, 2.75) is 6.42 Å². The van der Waals surface area contributed by atoms with Crippen LogP contribution in [0.3, 0.4) is 0 Å². The van der Waals surface area contributed by atoms with Gasteiger partial charge in [-0.25, -0.2) is 0 Å². The van der Waals surface area contributed by atoms with Crippen molar-refractivity contribution < 1.29 is 19.4 Å². The maximum atomic E-state index is 11.8. The lowest BCUT2D eigenvalue weighted by Crippen LogP contribution is -2.11. The van der Waals surface area contributed by atoms with E-state index >= 15 is 0 Å². The van der Waals surface area contributed by atoms with Crippen molar-refractivity contribution in [2.24, 2.45) is 0 Å². The number of hydrogen-bond acceptors (Lipinski definition) is 3. The van der Waals surface area contributed by atoms with E-state index in [1.165, 1.54) is 0 Å². The molecular weight excluding hydrogens is 256 g/mol. The molecule has 20 heavy (non-hydrogen) atoms. The Balaban J connectivity index is 1.91. The molecule has 1 N–H and O–H groups in total. The van der Waals surface area contributed by atoms with Crippen LogP contribution in [0, 0.1) is 0 Å².